The normalized spacial score (nSPS) is 23.4. The number of H-pyrrole nitrogens is 1. The van der Waals surface area contributed by atoms with E-state index in [-0.39, 0.29) is 11.5 Å². The number of carbonyl (C=O) groups is 1. The Kier molecular flexibility index (Phi) is 3.99. The van der Waals surface area contributed by atoms with Gasteiger partial charge in [0, 0.05) is 48.7 Å². The van der Waals surface area contributed by atoms with Gasteiger partial charge in [0.25, 0.3) is 0 Å². The van der Waals surface area contributed by atoms with E-state index >= 15 is 0 Å². The highest BCUT2D eigenvalue weighted by molar-refractivity contribution is 5.94. The predicted molar refractivity (Wildman–Crippen MR) is 116 cm³/mol. The molecule has 4 aromatic heterocycles. The number of aromatic nitrogens is 6. The zero-order valence-electron chi connectivity index (χ0n) is 17.4. The zero-order chi connectivity index (χ0) is 21.0. The summed E-state index contributed by atoms with van der Waals surface area (Å²) in [4.78, 5) is 31.5. The third kappa shape index (κ3) is 3.03. The Bertz CT molecular complexity index is 1280. The van der Waals surface area contributed by atoms with Crippen molar-refractivity contribution >= 4 is 28.5 Å². The molecule has 0 atom stereocenters. The van der Waals surface area contributed by atoms with E-state index in [1.807, 2.05) is 35.6 Å². The Morgan fingerprint density at radius 3 is 2.94 bits per heavy atom. The van der Waals surface area contributed by atoms with Crippen LogP contribution in [-0.4, -0.2) is 59.5 Å². The van der Waals surface area contributed by atoms with Crippen LogP contribution in [0, 0.1) is 5.41 Å². The summed E-state index contributed by atoms with van der Waals surface area (Å²) in [5.74, 6) is 0.896. The number of fused-ring (bicyclic) bond motifs is 2. The maximum Gasteiger partial charge on any atom is 0.228 e. The molecule has 1 saturated carbocycles. The lowest BCUT2D eigenvalue weighted by Crippen LogP contribution is -2.53. The predicted octanol–water partition coefficient (Wildman–Crippen LogP) is 2.87. The molecule has 1 saturated heterocycles. The summed E-state index contributed by atoms with van der Waals surface area (Å²) in [5.41, 5.74) is 3.38. The van der Waals surface area contributed by atoms with Crippen LogP contribution in [0.4, 0.5) is 5.95 Å². The monoisotopic (exact) mass is 416 g/mol. The number of hydrogen-bond acceptors (Lipinski definition) is 6. The Morgan fingerprint density at radius 2 is 2.10 bits per heavy atom. The Hall–Kier alpha value is -3.49. The number of anilines is 1. The lowest BCUT2D eigenvalue weighted by Gasteiger charge is -2.45. The van der Waals surface area contributed by atoms with Gasteiger partial charge in [-0.25, -0.2) is 14.5 Å². The average molecular weight is 416 g/mol. The summed E-state index contributed by atoms with van der Waals surface area (Å²) in [6.45, 7) is 3.90. The van der Waals surface area contributed by atoms with Crippen LogP contribution >= 0.6 is 0 Å². The highest BCUT2D eigenvalue weighted by atomic mass is 16.2. The quantitative estimate of drug-likeness (QED) is 0.530. The molecule has 2 fully saturated rings. The Morgan fingerprint density at radius 1 is 1.26 bits per heavy atom. The van der Waals surface area contributed by atoms with Gasteiger partial charge in [0.2, 0.25) is 11.9 Å². The minimum Gasteiger partial charge on any atom is -0.351 e. The molecular weight excluding hydrogens is 392 g/mol. The van der Waals surface area contributed by atoms with Gasteiger partial charge in [-0.3, -0.25) is 4.79 Å². The third-order valence-electron chi connectivity index (χ3n) is 6.66. The molecular formula is C22H24N8O. The molecule has 2 aliphatic rings. The number of amides is 1. The first kappa shape index (κ1) is 18.3. The molecule has 0 aromatic carbocycles. The molecule has 0 unspecified atom stereocenters. The molecule has 4 aromatic rings. The first-order chi connectivity index (χ1) is 15.1. The number of carbonyl (C=O) groups excluding carboxylic acids is 1. The number of hydrogen-bond donors (Lipinski definition) is 2. The molecule has 6 rings (SSSR count). The highest BCUT2D eigenvalue weighted by Crippen LogP contribution is 2.44. The highest BCUT2D eigenvalue weighted by Gasteiger charge is 2.48. The number of likely N-dealkylation sites (tertiary alicyclic amines) is 1. The van der Waals surface area contributed by atoms with Gasteiger partial charge in [-0.15, -0.1) is 0 Å². The molecule has 5 heterocycles. The summed E-state index contributed by atoms with van der Waals surface area (Å²) < 4.78 is 1.73. The molecule has 0 radical (unpaired) electrons. The smallest absolute Gasteiger partial charge is 0.228 e. The maximum absolute atomic E-state index is 12.8. The van der Waals surface area contributed by atoms with Crippen LogP contribution in [0.15, 0.2) is 37.1 Å². The van der Waals surface area contributed by atoms with E-state index in [9.17, 15) is 4.79 Å². The molecule has 1 aliphatic heterocycles. The van der Waals surface area contributed by atoms with Gasteiger partial charge >= 0.3 is 0 Å². The van der Waals surface area contributed by atoms with Gasteiger partial charge in [-0.1, -0.05) is 6.92 Å². The number of pyridine rings is 1. The number of aromatic amines is 1. The standard InChI is InChI=1S/C22H24N8O/c1-22(20(31)29-5-2-3-6-29)9-15(10-22)27-21-24-12-17-16(11-23-19(17)28-21)14-4-7-30-18(8-14)25-13-26-30/h4,7-8,11-13,15H,2-3,5-6,9-10H2,1H3,(H2,23,24,27,28)/t15-,22+. The lowest BCUT2D eigenvalue weighted by molar-refractivity contribution is -0.145. The molecule has 31 heavy (non-hydrogen) atoms. The number of nitrogens with one attached hydrogen (secondary N) is 2. The maximum atomic E-state index is 12.8. The van der Waals surface area contributed by atoms with E-state index in [0.29, 0.717) is 11.9 Å². The van der Waals surface area contributed by atoms with Crippen LogP contribution in [0.25, 0.3) is 27.8 Å². The van der Waals surface area contributed by atoms with Crippen LogP contribution in [0.5, 0.6) is 0 Å². The molecule has 158 valence electrons. The van der Waals surface area contributed by atoms with Crippen molar-refractivity contribution in [1.82, 2.24) is 34.4 Å². The van der Waals surface area contributed by atoms with Crippen LogP contribution in [0.3, 0.4) is 0 Å². The van der Waals surface area contributed by atoms with Crippen molar-refractivity contribution < 1.29 is 4.79 Å². The molecule has 1 aliphatic carbocycles. The molecule has 2 N–H and O–H groups in total. The topological polar surface area (TPSA) is 104 Å². The van der Waals surface area contributed by atoms with Crippen molar-refractivity contribution in [2.24, 2.45) is 5.41 Å². The van der Waals surface area contributed by atoms with Gasteiger partial charge < -0.3 is 15.2 Å². The number of nitrogens with zero attached hydrogens (tertiary/aromatic N) is 6. The Balaban J connectivity index is 1.18. The number of rotatable bonds is 4. The zero-order valence-corrected chi connectivity index (χ0v) is 17.4. The van der Waals surface area contributed by atoms with E-state index in [1.54, 1.807) is 10.8 Å². The average Bonchev–Trinajstić information content (AvgIpc) is 3.51. The van der Waals surface area contributed by atoms with Crippen molar-refractivity contribution in [3.8, 4) is 11.1 Å². The second-order valence-corrected chi connectivity index (χ2v) is 8.95. The van der Waals surface area contributed by atoms with Gasteiger partial charge in [-0.2, -0.15) is 10.1 Å². The van der Waals surface area contributed by atoms with Crippen molar-refractivity contribution in [3.05, 3.63) is 37.1 Å². The van der Waals surface area contributed by atoms with Crippen LogP contribution in [0.1, 0.15) is 32.6 Å². The SMILES string of the molecule is C[C@]1(C(=O)N2CCCC2)C[C@@H](Nc2ncc3c(-c4ccn5ncnc5c4)c[nH]c3n2)C1. The van der Waals surface area contributed by atoms with E-state index in [0.717, 1.165) is 66.6 Å². The lowest BCUT2D eigenvalue weighted by atomic mass is 9.66. The first-order valence-corrected chi connectivity index (χ1v) is 10.8. The van der Waals surface area contributed by atoms with Crippen molar-refractivity contribution in [3.63, 3.8) is 0 Å². The largest absolute Gasteiger partial charge is 0.351 e. The van der Waals surface area contributed by atoms with Gasteiger partial charge in [0.15, 0.2) is 5.65 Å². The molecule has 0 bridgehead atoms. The van der Waals surface area contributed by atoms with E-state index in [1.165, 1.54) is 0 Å². The fourth-order valence-corrected chi connectivity index (χ4v) is 4.99. The third-order valence-corrected chi connectivity index (χ3v) is 6.66. The van der Waals surface area contributed by atoms with Crippen LogP contribution in [-0.2, 0) is 4.79 Å². The van der Waals surface area contributed by atoms with Gasteiger partial charge in [0.1, 0.15) is 12.0 Å². The van der Waals surface area contributed by atoms with Crippen molar-refractivity contribution in [2.45, 2.75) is 38.6 Å². The molecule has 1 amide bonds. The second-order valence-electron chi connectivity index (χ2n) is 8.95. The van der Waals surface area contributed by atoms with E-state index in [2.05, 4.69) is 37.3 Å². The second kappa shape index (κ2) is 6.76. The summed E-state index contributed by atoms with van der Waals surface area (Å²) in [5, 5.41) is 8.50. The summed E-state index contributed by atoms with van der Waals surface area (Å²) >= 11 is 0. The minimum atomic E-state index is -0.258. The van der Waals surface area contributed by atoms with Crippen LogP contribution < -0.4 is 5.32 Å². The first-order valence-electron chi connectivity index (χ1n) is 10.8. The van der Waals surface area contributed by atoms with Crippen molar-refractivity contribution in [2.75, 3.05) is 18.4 Å². The summed E-state index contributed by atoms with van der Waals surface area (Å²) in [7, 11) is 0. The summed E-state index contributed by atoms with van der Waals surface area (Å²) in [6.07, 6.45) is 11.1. The van der Waals surface area contributed by atoms with Crippen LogP contribution in [0.2, 0.25) is 0 Å². The van der Waals surface area contributed by atoms with E-state index in [4.69, 9.17) is 0 Å². The minimum absolute atomic E-state index is 0.221. The fraction of sp³-hybridized carbons (Fsp3) is 0.409. The van der Waals surface area contributed by atoms with Gasteiger partial charge in [0.05, 0.1) is 5.41 Å². The molecule has 9 heteroatoms. The van der Waals surface area contributed by atoms with E-state index < -0.39 is 0 Å². The van der Waals surface area contributed by atoms with Gasteiger partial charge in [-0.05, 0) is 43.4 Å². The fourth-order valence-electron chi connectivity index (χ4n) is 4.99. The molecule has 0 spiro atoms. The molecule has 9 nitrogen and oxygen atoms in total. The van der Waals surface area contributed by atoms with Crippen molar-refractivity contribution in [1.29, 1.82) is 0 Å². The Labute approximate surface area is 178 Å². The summed E-state index contributed by atoms with van der Waals surface area (Å²) in [6, 6.07) is 4.22.